The van der Waals surface area contributed by atoms with E-state index in [1.165, 1.54) is 0 Å². The number of rotatable bonds is 4. The molecule has 4 heteroatoms. The standard InChI is InChI=1S/C12H24N4/c1-11-9-15(4)10-12(5-6-13)16(11)8-7-14(2)3/h11-12H,5,7-10H2,1-4H3. The minimum Gasteiger partial charge on any atom is -0.308 e. The molecule has 0 radical (unpaired) electrons. The fourth-order valence-corrected chi connectivity index (χ4v) is 2.46. The first-order valence-electron chi connectivity index (χ1n) is 6.00. The van der Waals surface area contributed by atoms with E-state index in [1.807, 2.05) is 0 Å². The first-order chi connectivity index (χ1) is 7.54. The van der Waals surface area contributed by atoms with Gasteiger partial charge in [-0.1, -0.05) is 0 Å². The highest BCUT2D eigenvalue weighted by atomic mass is 15.3. The van der Waals surface area contributed by atoms with E-state index in [0.717, 1.165) is 26.2 Å². The van der Waals surface area contributed by atoms with Crippen molar-refractivity contribution >= 4 is 0 Å². The monoisotopic (exact) mass is 224 g/mol. The molecular formula is C12H24N4. The molecule has 1 rings (SSSR count). The predicted octanol–water partition coefficient (Wildman–Crippen LogP) is 0.466. The lowest BCUT2D eigenvalue weighted by Gasteiger charge is -2.44. The van der Waals surface area contributed by atoms with Crippen molar-refractivity contribution < 1.29 is 0 Å². The summed E-state index contributed by atoms with van der Waals surface area (Å²) in [6, 6.07) is 3.27. The summed E-state index contributed by atoms with van der Waals surface area (Å²) < 4.78 is 0. The van der Waals surface area contributed by atoms with Gasteiger partial charge in [0.2, 0.25) is 0 Å². The van der Waals surface area contributed by atoms with Crippen LogP contribution in [0.5, 0.6) is 0 Å². The van der Waals surface area contributed by atoms with Gasteiger partial charge < -0.3 is 9.80 Å². The summed E-state index contributed by atoms with van der Waals surface area (Å²) in [5.74, 6) is 0. The quantitative estimate of drug-likeness (QED) is 0.695. The van der Waals surface area contributed by atoms with Crippen LogP contribution in [-0.4, -0.2) is 74.1 Å². The topological polar surface area (TPSA) is 33.5 Å². The van der Waals surface area contributed by atoms with Gasteiger partial charge in [0.25, 0.3) is 0 Å². The van der Waals surface area contributed by atoms with Crippen molar-refractivity contribution in [2.45, 2.75) is 25.4 Å². The van der Waals surface area contributed by atoms with Gasteiger partial charge in [-0.15, -0.1) is 0 Å². The summed E-state index contributed by atoms with van der Waals surface area (Å²) in [5.41, 5.74) is 0. The highest BCUT2D eigenvalue weighted by molar-refractivity contribution is 4.91. The Kier molecular flexibility index (Phi) is 5.20. The van der Waals surface area contributed by atoms with Gasteiger partial charge in [-0.2, -0.15) is 5.26 Å². The molecule has 1 aliphatic heterocycles. The maximum absolute atomic E-state index is 8.88. The van der Waals surface area contributed by atoms with Crippen LogP contribution in [0.15, 0.2) is 0 Å². The predicted molar refractivity (Wildman–Crippen MR) is 66.2 cm³/mol. The molecule has 0 saturated carbocycles. The minimum atomic E-state index is 0.402. The summed E-state index contributed by atoms with van der Waals surface area (Å²) in [5, 5.41) is 8.88. The zero-order valence-corrected chi connectivity index (χ0v) is 11.0. The highest BCUT2D eigenvalue weighted by Crippen LogP contribution is 2.16. The lowest BCUT2D eigenvalue weighted by molar-refractivity contribution is 0.0411. The van der Waals surface area contributed by atoms with Crippen LogP contribution in [-0.2, 0) is 0 Å². The molecule has 0 aliphatic carbocycles. The summed E-state index contributed by atoms with van der Waals surface area (Å²) >= 11 is 0. The first-order valence-corrected chi connectivity index (χ1v) is 6.00. The molecule has 1 aliphatic rings. The Morgan fingerprint density at radius 2 is 2.06 bits per heavy atom. The maximum atomic E-state index is 8.88. The molecule has 16 heavy (non-hydrogen) atoms. The van der Waals surface area contributed by atoms with E-state index in [-0.39, 0.29) is 0 Å². The van der Waals surface area contributed by atoms with Crippen LogP contribution in [0.3, 0.4) is 0 Å². The van der Waals surface area contributed by atoms with Gasteiger partial charge in [-0.3, -0.25) is 4.90 Å². The Bertz CT molecular complexity index is 246. The second kappa shape index (κ2) is 6.19. The van der Waals surface area contributed by atoms with Crippen molar-refractivity contribution in [1.82, 2.24) is 14.7 Å². The number of hydrogen-bond donors (Lipinski definition) is 0. The minimum absolute atomic E-state index is 0.402. The van der Waals surface area contributed by atoms with E-state index in [1.54, 1.807) is 0 Å². The molecule has 0 aromatic heterocycles. The summed E-state index contributed by atoms with van der Waals surface area (Å²) in [6.45, 7) is 6.51. The Hall–Kier alpha value is -0.630. The Labute approximate surface area is 99.4 Å². The summed E-state index contributed by atoms with van der Waals surface area (Å²) in [7, 11) is 6.34. The lowest BCUT2D eigenvalue weighted by Crippen LogP contribution is -2.57. The van der Waals surface area contributed by atoms with Crippen LogP contribution in [0.2, 0.25) is 0 Å². The van der Waals surface area contributed by atoms with Gasteiger partial charge in [0.05, 0.1) is 12.5 Å². The zero-order valence-electron chi connectivity index (χ0n) is 11.0. The number of nitriles is 1. The number of piperazine rings is 1. The van der Waals surface area contributed by atoms with Crippen LogP contribution in [0.4, 0.5) is 0 Å². The fourth-order valence-electron chi connectivity index (χ4n) is 2.46. The van der Waals surface area contributed by atoms with Gasteiger partial charge in [0.1, 0.15) is 0 Å². The molecule has 92 valence electrons. The van der Waals surface area contributed by atoms with Crippen LogP contribution in [0, 0.1) is 11.3 Å². The van der Waals surface area contributed by atoms with Gasteiger partial charge in [-0.05, 0) is 28.1 Å². The molecule has 2 atom stereocenters. The Morgan fingerprint density at radius 1 is 1.38 bits per heavy atom. The van der Waals surface area contributed by atoms with Gasteiger partial charge >= 0.3 is 0 Å². The smallest absolute Gasteiger partial charge is 0.0638 e. The number of likely N-dealkylation sites (N-methyl/N-ethyl adjacent to an activating group) is 2. The molecule has 1 heterocycles. The van der Waals surface area contributed by atoms with Gasteiger partial charge in [0, 0.05) is 38.3 Å². The Balaban J connectivity index is 2.57. The second-order valence-corrected chi connectivity index (χ2v) is 5.13. The van der Waals surface area contributed by atoms with Crippen LogP contribution < -0.4 is 0 Å². The molecule has 2 unspecified atom stereocenters. The van der Waals surface area contributed by atoms with Crippen LogP contribution >= 0.6 is 0 Å². The molecule has 1 fully saturated rings. The van der Waals surface area contributed by atoms with Crippen molar-refractivity contribution in [2.24, 2.45) is 0 Å². The van der Waals surface area contributed by atoms with Crippen molar-refractivity contribution in [3.63, 3.8) is 0 Å². The van der Waals surface area contributed by atoms with E-state index >= 15 is 0 Å². The average Bonchev–Trinajstić information content (AvgIpc) is 2.16. The molecule has 0 spiro atoms. The molecule has 0 N–H and O–H groups in total. The first kappa shape index (κ1) is 13.4. The molecule has 0 aromatic carbocycles. The van der Waals surface area contributed by atoms with E-state index in [0.29, 0.717) is 18.5 Å². The van der Waals surface area contributed by atoms with E-state index in [4.69, 9.17) is 5.26 Å². The largest absolute Gasteiger partial charge is 0.308 e. The van der Waals surface area contributed by atoms with Crippen LogP contribution in [0.1, 0.15) is 13.3 Å². The fraction of sp³-hybridized carbons (Fsp3) is 0.917. The van der Waals surface area contributed by atoms with E-state index < -0.39 is 0 Å². The zero-order chi connectivity index (χ0) is 12.1. The van der Waals surface area contributed by atoms with Crippen LogP contribution in [0.25, 0.3) is 0 Å². The third kappa shape index (κ3) is 3.75. The molecule has 4 nitrogen and oxygen atoms in total. The normalized spacial score (nSPS) is 28.2. The van der Waals surface area contributed by atoms with Crippen molar-refractivity contribution in [3.8, 4) is 6.07 Å². The molecule has 0 aromatic rings. The van der Waals surface area contributed by atoms with E-state index in [2.05, 4.69) is 48.8 Å². The maximum Gasteiger partial charge on any atom is 0.0638 e. The average molecular weight is 224 g/mol. The Morgan fingerprint density at radius 3 is 2.62 bits per heavy atom. The number of hydrogen-bond acceptors (Lipinski definition) is 4. The molecule has 0 amide bonds. The molecule has 1 saturated heterocycles. The summed E-state index contributed by atoms with van der Waals surface area (Å²) in [4.78, 5) is 7.02. The molecular weight excluding hydrogens is 200 g/mol. The summed E-state index contributed by atoms with van der Waals surface area (Å²) in [6.07, 6.45) is 0.641. The molecule has 0 bridgehead atoms. The second-order valence-electron chi connectivity index (χ2n) is 5.13. The third-order valence-corrected chi connectivity index (χ3v) is 3.27. The van der Waals surface area contributed by atoms with E-state index in [9.17, 15) is 0 Å². The van der Waals surface area contributed by atoms with Crippen molar-refractivity contribution in [3.05, 3.63) is 0 Å². The van der Waals surface area contributed by atoms with Gasteiger partial charge in [-0.25, -0.2) is 0 Å². The van der Waals surface area contributed by atoms with Crippen molar-refractivity contribution in [2.75, 3.05) is 47.3 Å². The number of nitrogens with zero attached hydrogens (tertiary/aromatic N) is 4. The van der Waals surface area contributed by atoms with Gasteiger partial charge in [0.15, 0.2) is 0 Å². The SMILES string of the molecule is CC1CN(C)CC(CC#N)N1CCN(C)C. The third-order valence-electron chi connectivity index (χ3n) is 3.27. The van der Waals surface area contributed by atoms with Crippen molar-refractivity contribution in [1.29, 1.82) is 5.26 Å². The highest BCUT2D eigenvalue weighted by Gasteiger charge is 2.29. The lowest BCUT2D eigenvalue weighted by atomic mass is 10.1.